The normalized spacial score (nSPS) is 16.5. The number of nitrogens with zero attached hydrogens (tertiary/aromatic N) is 2. The summed E-state index contributed by atoms with van der Waals surface area (Å²) in [5.41, 5.74) is 15.9. The van der Waals surface area contributed by atoms with Crippen LogP contribution in [0.5, 0.6) is 5.75 Å². The minimum Gasteiger partial charge on any atom is -0.488 e. The van der Waals surface area contributed by atoms with E-state index in [1.54, 1.807) is 12.1 Å². The molecule has 0 amide bonds. The highest BCUT2D eigenvalue weighted by atomic mass is 19.1. The largest absolute Gasteiger partial charge is 0.488 e. The quantitative estimate of drug-likeness (QED) is 0.557. The van der Waals surface area contributed by atoms with Crippen molar-refractivity contribution in [1.29, 1.82) is 0 Å². The van der Waals surface area contributed by atoms with E-state index in [1.165, 1.54) is 6.07 Å². The first kappa shape index (κ1) is 15.0. The molecule has 2 rings (SSSR count). The van der Waals surface area contributed by atoms with Gasteiger partial charge in [0.25, 0.3) is 0 Å². The van der Waals surface area contributed by atoms with Gasteiger partial charge in [-0.1, -0.05) is 6.07 Å². The van der Waals surface area contributed by atoms with Crippen LogP contribution in [0.25, 0.3) is 0 Å². The molecule has 1 aliphatic heterocycles. The number of hydrogen-bond acceptors (Lipinski definition) is 3. The maximum absolute atomic E-state index is 13.9. The van der Waals surface area contributed by atoms with E-state index in [0.29, 0.717) is 19.0 Å². The Bertz CT molecular complexity index is 551. The first-order valence-corrected chi connectivity index (χ1v) is 6.53. The van der Waals surface area contributed by atoms with E-state index in [4.69, 9.17) is 26.7 Å². The van der Waals surface area contributed by atoms with Crippen molar-refractivity contribution in [3.05, 3.63) is 24.0 Å². The summed E-state index contributed by atoms with van der Waals surface area (Å²) in [4.78, 5) is 7.44. The summed E-state index contributed by atoms with van der Waals surface area (Å²) in [6.45, 7) is 1.24. The average molecular weight is 295 g/mol. The van der Waals surface area contributed by atoms with Crippen molar-refractivity contribution in [3.8, 4) is 5.75 Å². The molecule has 0 atom stereocenters. The molecule has 7 nitrogen and oxygen atoms in total. The van der Waals surface area contributed by atoms with E-state index in [-0.39, 0.29) is 23.7 Å². The highest BCUT2D eigenvalue weighted by Gasteiger charge is 2.18. The van der Waals surface area contributed by atoms with Gasteiger partial charge in [0.15, 0.2) is 11.8 Å². The van der Waals surface area contributed by atoms with Crippen LogP contribution in [-0.4, -0.2) is 31.2 Å². The van der Waals surface area contributed by atoms with Crippen LogP contribution >= 0.6 is 0 Å². The molecule has 1 fully saturated rings. The lowest BCUT2D eigenvalue weighted by molar-refractivity contribution is 0.0257. The molecule has 1 heterocycles. The molecule has 0 bridgehead atoms. The number of hydrogen-bond donors (Lipinski definition) is 3. The Morgan fingerprint density at radius 3 is 2.62 bits per heavy atom. The second kappa shape index (κ2) is 6.89. The zero-order valence-electron chi connectivity index (χ0n) is 11.5. The SMILES string of the molecule is NC(N)=NC(N)=Nc1c(F)cccc1OC1CCOCC1. The van der Waals surface area contributed by atoms with Crippen LogP contribution in [0.4, 0.5) is 10.1 Å². The minimum absolute atomic E-state index is 0.0218. The fourth-order valence-electron chi connectivity index (χ4n) is 1.94. The molecule has 114 valence electrons. The van der Waals surface area contributed by atoms with E-state index in [0.717, 1.165) is 12.8 Å². The van der Waals surface area contributed by atoms with Gasteiger partial charge in [0, 0.05) is 12.8 Å². The molecule has 1 aliphatic rings. The Kier molecular flexibility index (Phi) is 4.94. The first-order chi connectivity index (χ1) is 10.1. The van der Waals surface area contributed by atoms with Gasteiger partial charge >= 0.3 is 0 Å². The summed E-state index contributed by atoms with van der Waals surface area (Å²) in [7, 11) is 0. The highest BCUT2D eigenvalue weighted by Crippen LogP contribution is 2.32. The van der Waals surface area contributed by atoms with Crippen LogP contribution in [-0.2, 0) is 4.74 Å². The Morgan fingerprint density at radius 2 is 1.95 bits per heavy atom. The van der Waals surface area contributed by atoms with Crippen molar-refractivity contribution in [3.63, 3.8) is 0 Å². The molecule has 0 radical (unpaired) electrons. The number of benzene rings is 1. The standard InChI is InChI=1S/C13H18FN5O2/c14-9-2-1-3-10(21-8-4-6-20-7-5-8)11(9)18-13(17)19-12(15)16/h1-3,8H,4-7H2,(H6,15,16,17,18,19). The van der Waals surface area contributed by atoms with Crippen LogP contribution in [0.3, 0.4) is 0 Å². The molecule has 1 aromatic rings. The van der Waals surface area contributed by atoms with Crippen LogP contribution in [0, 0.1) is 5.82 Å². The zero-order valence-corrected chi connectivity index (χ0v) is 11.5. The predicted molar refractivity (Wildman–Crippen MR) is 78.0 cm³/mol. The van der Waals surface area contributed by atoms with Crippen molar-refractivity contribution in [2.75, 3.05) is 13.2 Å². The fourth-order valence-corrected chi connectivity index (χ4v) is 1.94. The lowest BCUT2D eigenvalue weighted by Crippen LogP contribution is -2.26. The fraction of sp³-hybridized carbons (Fsp3) is 0.385. The topological polar surface area (TPSA) is 121 Å². The number of aliphatic imine (C=N–C) groups is 2. The van der Waals surface area contributed by atoms with Gasteiger partial charge < -0.3 is 26.7 Å². The molecule has 0 aromatic heterocycles. The molecule has 0 aliphatic carbocycles. The van der Waals surface area contributed by atoms with E-state index in [9.17, 15) is 4.39 Å². The zero-order chi connectivity index (χ0) is 15.2. The summed E-state index contributed by atoms with van der Waals surface area (Å²) >= 11 is 0. The maximum atomic E-state index is 13.9. The molecule has 0 unspecified atom stereocenters. The lowest BCUT2D eigenvalue weighted by atomic mass is 10.1. The van der Waals surface area contributed by atoms with Crippen molar-refractivity contribution < 1.29 is 13.9 Å². The molecule has 6 N–H and O–H groups in total. The molecule has 21 heavy (non-hydrogen) atoms. The molecular weight excluding hydrogens is 277 g/mol. The van der Waals surface area contributed by atoms with Crippen LogP contribution in [0.2, 0.25) is 0 Å². The van der Waals surface area contributed by atoms with E-state index >= 15 is 0 Å². The molecule has 0 spiro atoms. The third-order valence-electron chi connectivity index (χ3n) is 2.88. The number of para-hydroxylation sites is 1. The van der Waals surface area contributed by atoms with Gasteiger partial charge in [-0.2, -0.15) is 4.99 Å². The summed E-state index contributed by atoms with van der Waals surface area (Å²) in [6.07, 6.45) is 1.44. The van der Waals surface area contributed by atoms with E-state index < -0.39 is 5.82 Å². The first-order valence-electron chi connectivity index (χ1n) is 6.53. The van der Waals surface area contributed by atoms with Crippen molar-refractivity contribution >= 4 is 17.6 Å². The van der Waals surface area contributed by atoms with E-state index in [1.807, 2.05) is 0 Å². The number of rotatable bonds is 3. The molecular formula is C13H18FN5O2. The van der Waals surface area contributed by atoms with Crippen molar-refractivity contribution in [2.24, 2.45) is 27.2 Å². The molecule has 8 heteroatoms. The molecule has 1 aromatic carbocycles. The number of nitrogens with two attached hydrogens (primary N) is 3. The van der Waals surface area contributed by atoms with Gasteiger partial charge in [-0.15, -0.1) is 0 Å². The van der Waals surface area contributed by atoms with Gasteiger partial charge in [-0.25, -0.2) is 9.38 Å². The highest BCUT2D eigenvalue weighted by molar-refractivity contribution is 5.93. The Balaban J connectivity index is 2.25. The summed E-state index contributed by atoms with van der Waals surface area (Å²) < 4.78 is 25.0. The minimum atomic E-state index is -0.562. The Morgan fingerprint density at radius 1 is 1.24 bits per heavy atom. The van der Waals surface area contributed by atoms with Gasteiger partial charge in [-0.05, 0) is 12.1 Å². The monoisotopic (exact) mass is 295 g/mol. The van der Waals surface area contributed by atoms with Crippen molar-refractivity contribution in [1.82, 2.24) is 0 Å². The second-order valence-corrected chi connectivity index (χ2v) is 4.52. The van der Waals surface area contributed by atoms with Crippen LogP contribution in [0.15, 0.2) is 28.2 Å². The maximum Gasteiger partial charge on any atom is 0.224 e. The smallest absolute Gasteiger partial charge is 0.224 e. The van der Waals surface area contributed by atoms with Crippen LogP contribution in [0.1, 0.15) is 12.8 Å². The second-order valence-electron chi connectivity index (χ2n) is 4.52. The van der Waals surface area contributed by atoms with Gasteiger partial charge in [0.2, 0.25) is 5.96 Å². The molecule has 0 saturated carbocycles. The Hall–Kier alpha value is -2.35. The molecule has 1 saturated heterocycles. The van der Waals surface area contributed by atoms with Gasteiger partial charge in [0.1, 0.15) is 17.5 Å². The summed E-state index contributed by atoms with van der Waals surface area (Å²) in [5.74, 6) is -0.750. The van der Waals surface area contributed by atoms with E-state index in [2.05, 4.69) is 9.98 Å². The average Bonchev–Trinajstić information content (AvgIpc) is 2.43. The summed E-state index contributed by atoms with van der Waals surface area (Å²) in [5, 5.41) is 0. The van der Waals surface area contributed by atoms with Gasteiger partial charge in [-0.3, -0.25) is 0 Å². The third kappa shape index (κ3) is 4.32. The van der Waals surface area contributed by atoms with Gasteiger partial charge in [0.05, 0.1) is 13.2 Å². The lowest BCUT2D eigenvalue weighted by Gasteiger charge is -2.24. The Labute approximate surface area is 121 Å². The summed E-state index contributed by atoms with van der Waals surface area (Å²) in [6, 6.07) is 4.43. The van der Waals surface area contributed by atoms with Crippen molar-refractivity contribution in [2.45, 2.75) is 18.9 Å². The van der Waals surface area contributed by atoms with Crippen LogP contribution < -0.4 is 21.9 Å². The number of ether oxygens (including phenoxy) is 2. The number of halogens is 1. The third-order valence-corrected chi connectivity index (χ3v) is 2.88. The predicted octanol–water partition coefficient (Wildman–Crippen LogP) is 0.603. The number of guanidine groups is 2.